The van der Waals surface area contributed by atoms with Gasteiger partial charge >= 0.3 is 6.36 Å². The third-order valence-electron chi connectivity index (χ3n) is 2.38. The predicted molar refractivity (Wildman–Crippen MR) is 60.9 cm³/mol. The zero-order valence-corrected chi connectivity index (χ0v) is 10.00. The van der Waals surface area contributed by atoms with Gasteiger partial charge < -0.3 is 15.6 Å². The van der Waals surface area contributed by atoms with Gasteiger partial charge in [0.1, 0.15) is 11.5 Å². The Morgan fingerprint density at radius 1 is 1.28 bits per heavy atom. The Hall–Kier alpha value is -1.27. The van der Waals surface area contributed by atoms with Crippen LogP contribution in [0.4, 0.5) is 13.2 Å². The lowest BCUT2D eigenvalue weighted by atomic mass is 9.98. The normalized spacial score (nSPS) is 15.2. The molecule has 3 nitrogen and oxygen atoms in total. The van der Waals surface area contributed by atoms with E-state index in [9.17, 15) is 18.3 Å². The molecule has 18 heavy (non-hydrogen) atoms. The highest BCUT2D eigenvalue weighted by atomic mass is 19.4. The standard InChI is InChI=1S/C12H16F3NO2/c1-2-7-11(16,17)8-9-5-3-4-6-10(9)18-12(13,14)15/h3-6,17H,2,7-8,16H2,1H3. The summed E-state index contributed by atoms with van der Waals surface area (Å²) < 4.78 is 40.4. The summed E-state index contributed by atoms with van der Waals surface area (Å²) in [4.78, 5) is 0. The van der Waals surface area contributed by atoms with Gasteiger partial charge in [0.25, 0.3) is 0 Å². The van der Waals surface area contributed by atoms with Crippen molar-refractivity contribution in [2.75, 3.05) is 0 Å². The molecule has 0 spiro atoms. The van der Waals surface area contributed by atoms with Crippen LogP contribution in [0.3, 0.4) is 0 Å². The summed E-state index contributed by atoms with van der Waals surface area (Å²) in [5, 5.41) is 9.83. The first-order valence-corrected chi connectivity index (χ1v) is 5.58. The van der Waals surface area contributed by atoms with Crippen LogP contribution in [-0.2, 0) is 6.42 Å². The van der Waals surface area contributed by atoms with Gasteiger partial charge in [-0.1, -0.05) is 31.5 Å². The minimum Gasteiger partial charge on any atom is -0.406 e. The van der Waals surface area contributed by atoms with Crippen LogP contribution in [0.15, 0.2) is 24.3 Å². The summed E-state index contributed by atoms with van der Waals surface area (Å²) in [5.41, 5.74) is 4.31. The number of aliphatic hydroxyl groups is 1. The Kier molecular flexibility index (Phi) is 4.59. The second-order valence-corrected chi connectivity index (χ2v) is 4.19. The predicted octanol–water partition coefficient (Wildman–Crippen LogP) is 2.58. The minimum atomic E-state index is -4.76. The minimum absolute atomic E-state index is 0.0902. The van der Waals surface area contributed by atoms with Crippen molar-refractivity contribution in [3.05, 3.63) is 29.8 Å². The Bertz CT molecular complexity index is 391. The zero-order chi connectivity index (χ0) is 13.8. The van der Waals surface area contributed by atoms with Crippen LogP contribution in [0.5, 0.6) is 5.75 Å². The van der Waals surface area contributed by atoms with E-state index < -0.39 is 12.1 Å². The van der Waals surface area contributed by atoms with E-state index in [1.807, 2.05) is 6.92 Å². The van der Waals surface area contributed by atoms with E-state index in [2.05, 4.69) is 4.74 Å². The maximum atomic E-state index is 12.2. The average molecular weight is 263 g/mol. The molecule has 0 saturated carbocycles. The van der Waals surface area contributed by atoms with E-state index in [1.54, 1.807) is 6.07 Å². The molecular formula is C12H16F3NO2. The van der Waals surface area contributed by atoms with Gasteiger partial charge in [0.15, 0.2) is 0 Å². The van der Waals surface area contributed by atoms with E-state index in [-0.39, 0.29) is 17.7 Å². The molecule has 0 saturated heterocycles. The van der Waals surface area contributed by atoms with E-state index in [0.29, 0.717) is 12.8 Å². The highest BCUT2D eigenvalue weighted by Gasteiger charge is 2.33. The van der Waals surface area contributed by atoms with Crippen molar-refractivity contribution < 1.29 is 23.0 Å². The molecule has 102 valence electrons. The number of hydrogen-bond donors (Lipinski definition) is 2. The highest BCUT2D eigenvalue weighted by Crippen LogP contribution is 2.28. The molecule has 0 amide bonds. The van der Waals surface area contributed by atoms with Crippen LogP contribution in [0.25, 0.3) is 0 Å². The fourth-order valence-electron chi connectivity index (χ4n) is 1.73. The highest BCUT2D eigenvalue weighted by molar-refractivity contribution is 5.34. The van der Waals surface area contributed by atoms with E-state index in [1.165, 1.54) is 18.2 Å². The van der Waals surface area contributed by atoms with Crippen molar-refractivity contribution in [2.45, 2.75) is 38.3 Å². The smallest absolute Gasteiger partial charge is 0.406 e. The molecule has 3 N–H and O–H groups in total. The Morgan fingerprint density at radius 2 is 1.89 bits per heavy atom. The maximum Gasteiger partial charge on any atom is 0.573 e. The number of halogens is 3. The number of alkyl halides is 3. The fourth-order valence-corrected chi connectivity index (χ4v) is 1.73. The largest absolute Gasteiger partial charge is 0.573 e. The van der Waals surface area contributed by atoms with Crippen molar-refractivity contribution >= 4 is 0 Å². The monoisotopic (exact) mass is 263 g/mol. The molecule has 1 aromatic carbocycles. The van der Waals surface area contributed by atoms with Crippen LogP contribution < -0.4 is 10.5 Å². The van der Waals surface area contributed by atoms with Gasteiger partial charge in [-0.05, 0) is 18.1 Å². The van der Waals surface area contributed by atoms with Gasteiger partial charge in [-0.2, -0.15) is 0 Å². The molecule has 0 fully saturated rings. The first-order chi connectivity index (χ1) is 8.23. The molecule has 6 heteroatoms. The van der Waals surface area contributed by atoms with Crippen LogP contribution in [0.1, 0.15) is 25.3 Å². The van der Waals surface area contributed by atoms with Crippen molar-refractivity contribution in [3.8, 4) is 5.75 Å². The van der Waals surface area contributed by atoms with Crippen LogP contribution >= 0.6 is 0 Å². The summed E-state index contributed by atoms with van der Waals surface area (Å²) in [5.74, 6) is -0.329. The second-order valence-electron chi connectivity index (χ2n) is 4.19. The lowest BCUT2D eigenvalue weighted by molar-refractivity contribution is -0.275. The van der Waals surface area contributed by atoms with Gasteiger partial charge in [0, 0.05) is 6.42 Å². The topological polar surface area (TPSA) is 55.5 Å². The molecule has 0 heterocycles. The Morgan fingerprint density at radius 3 is 2.44 bits per heavy atom. The molecule has 1 atom stereocenters. The maximum absolute atomic E-state index is 12.2. The van der Waals surface area contributed by atoms with Gasteiger partial charge in [0.2, 0.25) is 0 Å². The van der Waals surface area contributed by atoms with Gasteiger partial charge in [0.05, 0.1) is 0 Å². The van der Waals surface area contributed by atoms with Crippen LogP contribution in [0, 0.1) is 0 Å². The molecule has 0 radical (unpaired) electrons. The van der Waals surface area contributed by atoms with Crippen molar-refractivity contribution in [1.82, 2.24) is 0 Å². The summed E-state index contributed by atoms with van der Waals surface area (Å²) in [7, 11) is 0. The first kappa shape index (κ1) is 14.8. The van der Waals surface area contributed by atoms with Gasteiger partial charge in [-0.25, -0.2) is 0 Å². The van der Waals surface area contributed by atoms with Crippen molar-refractivity contribution in [2.24, 2.45) is 5.73 Å². The lowest BCUT2D eigenvalue weighted by Crippen LogP contribution is -2.41. The molecule has 0 aliphatic heterocycles. The molecule has 1 rings (SSSR count). The zero-order valence-electron chi connectivity index (χ0n) is 10.00. The Labute approximate surface area is 103 Å². The molecular weight excluding hydrogens is 247 g/mol. The average Bonchev–Trinajstić information content (AvgIpc) is 2.18. The van der Waals surface area contributed by atoms with E-state index >= 15 is 0 Å². The van der Waals surface area contributed by atoms with Gasteiger partial charge in [-0.15, -0.1) is 13.2 Å². The molecule has 1 unspecified atom stereocenters. The third kappa shape index (κ3) is 4.93. The Balaban J connectivity index is 2.89. The lowest BCUT2D eigenvalue weighted by Gasteiger charge is -2.24. The molecule has 0 aliphatic carbocycles. The number of rotatable bonds is 5. The SMILES string of the molecule is CCCC(N)(O)Cc1ccccc1OC(F)(F)F. The number of benzene rings is 1. The number of ether oxygens (including phenoxy) is 1. The first-order valence-electron chi connectivity index (χ1n) is 5.58. The van der Waals surface area contributed by atoms with Crippen LogP contribution in [-0.4, -0.2) is 17.2 Å². The van der Waals surface area contributed by atoms with Gasteiger partial charge in [-0.3, -0.25) is 0 Å². The molecule has 0 aromatic heterocycles. The van der Waals surface area contributed by atoms with E-state index in [0.717, 1.165) is 0 Å². The number of hydrogen-bond acceptors (Lipinski definition) is 3. The second kappa shape index (κ2) is 5.58. The number of para-hydroxylation sites is 1. The molecule has 0 bridgehead atoms. The van der Waals surface area contributed by atoms with E-state index in [4.69, 9.17) is 5.73 Å². The molecule has 1 aromatic rings. The third-order valence-corrected chi connectivity index (χ3v) is 2.38. The van der Waals surface area contributed by atoms with Crippen molar-refractivity contribution in [1.29, 1.82) is 0 Å². The summed E-state index contributed by atoms with van der Waals surface area (Å²) >= 11 is 0. The van der Waals surface area contributed by atoms with Crippen molar-refractivity contribution in [3.63, 3.8) is 0 Å². The summed E-state index contributed by atoms with van der Waals surface area (Å²) in [6.07, 6.45) is -3.91. The summed E-state index contributed by atoms with van der Waals surface area (Å²) in [6, 6.07) is 5.65. The summed E-state index contributed by atoms with van der Waals surface area (Å²) in [6.45, 7) is 1.83. The number of nitrogens with two attached hydrogens (primary N) is 1. The van der Waals surface area contributed by atoms with Crippen LogP contribution in [0.2, 0.25) is 0 Å². The quantitative estimate of drug-likeness (QED) is 0.803. The molecule has 0 aliphatic rings. The fraction of sp³-hybridized carbons (Fsp3) is 0.500.